The minimum absolute atomic E-state index is 0.330. The Hall–Kier alpha value is -0.770. The number of rotatable bonds is 3. The van der Waals surface area contributed by atoms with E-state index < -0.39 is 0 Å². The van der Waals surface area contributed by atoms with Gasteiger partial charge in [0.2, 0.25) is 5.89 Å². The maximum Gasteiger partial charge on any atom is 0.215 e. The van der Waals surface area contributed by atoms with E-state index in [0.29, 0.717) is 27.0 Å². The molecule has 5 heteroatoms. The van der Waals surface area contributed by atoms with Crippen molar-refractivity contribution in [2.24, 2.45) is 0 Å². The molecular weight excluding hydrogens is 259 g/mol. The van der Waals surface area contributed by atoms with Crippen molar-refractivity contribution < 1.29 is 4.42 Å². The zero-order valence-electron chi connectivity index (χ0n) is 9.97. The summed E-state index contributed by atoms with van der Waals surface area (Å²) in [7, 11) is 0. The largest absolute Gasteiger partial charge is 0.437 e. The van der Waals surface area contributed by atoms with Gasteiger partial charge in [-0.25, -0.2) is 4.98 Å². The molecule has 0 aliphatic rings. The van der Waals surface area contributed by atoms with Gasteiger partial charge in [0, 0.05) is 5.02 Å². The van der Waals surface area contributed by atoms with Gasteiger partial charge in [0.25, 0.3) is 0 Å². The molecule has 0 bridgehead atoms. The number of nitrogens with zero attached hydrogens (tertiary/aromatic N) is 1. The molecular formula is C12H14Cl2N2O. The van der Waals surface area contributed by atoms with Crippen LogP contribution in [0.4, 0.5) is 0 Å². The Morgan fingerprint density at radius 1 is 1.35 bits per heavy atom. The predicted octanol–water partition coefficient (Wildman–Crippen LogP) is 3.98. The fourth-order valence-electron chi connectivity index (χ4n) is 1.74. The van der Waals surface area contributed by atoms with E-state index in [0.717, 1.165) is 6.54 Å². The lowest BCUT2D eigenvalue weighted by molar-refractivity contribution is 0.323. The van der Waals surface area contributed by atoms with Gasteiger partial charge in [-0.05, 0) is 32.5 Å². The van der Waals surface area contributed by atoms with E-state index in [1.54, 1.807) is 12.1 Å². The number of aromatic nitrogens is 1. The molecule has 92 valence electrons. The molecule has 0 saturated heterocycles. The fraction of sp³-hybridized carbons (Fsp3) is 0.417. The van der Waals surface area contributed by atoms with E-state index in [-0.39, 0.29) is 5.54 Å². The first-order valence-electron chi connectivity index (χ1n) is 5.45. The van der Waals surface area contributed by atoms with Gasteiger partial charge in [-0.15, -0.1) is 0 Å². The highest BCUT2D eigenvalue weighted by atomic mass is 35.5. The van der Waals surface area contributed by atoms with Crippen LogP contribution in [0.3, 0.4) is 0 Å². The Labute approximate surface area is 110 Å². The molecule has 0 spiro atoms. The first-order valence-corrected chi connectivity index (χ1v) is 6.20. The van der Waals surface area contributed by atoms with E-state index in [1.807, 2.05) is 20.8 Å². The summed E-state index contributed by atoms with van der Waals surface area (Å²) in [5.41, 5.74) is 0.935. The van der Waals surface area contributed by atoms with Crippen molar-refractivity contribution in [1.29, 1.82) is 0 Å². The summed E-state index contributed by atoms with van der Waals surface area (Å²) in [4.78, 5) is 4.43. The third-order valence-electron chi connectivity index (χ3n) is 2.56. The van der Waals surface area contributed by atoms with Crippen LogP contribution in [-0.4, -0.2) is 11.5 Å². The molecule has 17 heavy (non-hydrogen) atoms. The third-order valence-corrected chi connectivity index (χ3v) is 3.06. The number of nitrogens with one attached hydrogen (secondary N) is 1. The summed E-state index contributed by atoms with van der Waals surface area (Å²) in [5, 5.41) is 4.34. The smallest absolute Gasteiger partial charge is 0.215 e. The van der Waals surface area contributed by atoms with Gasteiger partial charge in [-0.1, -0.05) is 30.1 Å². The van der Waals surface area contributed by atoms with E-state index in [4.69, 9.17) is 27.6 Å². The topological polar surface area (TPSA) is 38.1 Å². The number of hydrogen-bond donors (Lipinski definition) is 1. The SMILES string of the molecule is CCNC(C)(C)c1nc2cc(Cl)cc(Cl)c2o1. The summed E-state index contributed by atoms with van der Waals surface area (Å²) >= 11 is 12.0. The molecule has 0 unspecified atom stereocenters. The second kappa shape index (κ2) is 4.48. The molecule has 0 aliphatic carbocycles. The van der Waals surface area contributed by atoms with E-state index in [1.165, 1.54) is 0 Å². The number of halogens is 2. The Morgan fingerprint density at radius 2 is 2.06 bits per heavy atom. The highest BCUT2D eigenvalue weighted by Crippen LogP contribution is 2.31. The average Bonchev–Trinajstić information content (AvgIpc) is 2.62. The lowest BCUT2D eigenvalue weighted by Gasteiger charge is -2.21. The first-order chi connectivity index (χ1) is 7.94. The second-order valence-corrected chi connectivity index (χ2v) is 5.25. The highest BCUT2D eigenvalue weighted by Gasteiger charge is 2.26. The Balaban J connectivity index is 2.55. The maximum absolute atomic E-state index is 6.06. The minimum atomic E-state index is -0.330. The number of benzene rings is 1. The van der Waals surface area contributed by atoms with Gasteiger partial charge in [-0.3, -0.25) is 0 Å². The quantitative estimate of drug-likeness (QED) is 0.919. The van der Waals surface area contributed by atoms with Gasteiger partial charge in [0.05, 0.1) is 10.6 Å². The monoisotopic (exact) mass is 272 g/mol. The molecule has 0 atom stereocenters. The van der Waals surface area contributed by atoms with Crippen molar-refractivity contribution in [2.75, 3.05) is 6.54 Å². The zero-order chi connectivity index (χ0) is 12.6. The molecule has 0 amide bonds. The molecule has 1 aromatic heterocycles. The van der Waals surface area contributed by atoms with Crippen LogP contribution >= 0.6 is 23.2 Å². The molecule has 0 saturated carbocycles. The maximum atomic E-state index is 6.06. The van der Waals surface area contributed by atoms with Crippen molar-refractivity contribution in [3.8, 4) is 0 Å². The molecule has 0 aliphatic heterocycles. The number of fused-ring (bicyclic) bond motifs is 1. The van der Waals surface area contributed by atoms with Crippen LogP contribution in [0, 0.1) is 0 Å². The molecule has 1 N–H and O–H groups in total. The molecule has 3 nitrogen and oxygen atoms in total. The van der Waals surface area contributed by atoms with Crippen molar-refractivity contribution in [1.82, 2.24) is 10.3 Å². The number of oxazole rings is 1. The van der Waals surface area contributed by atoms with Gasteiger partial charge >= 0.3 is 0 Å². The fourth-order valence-corrected chi connectivity index (χ4v) is 2.27. The van der Waals surface area contributed by atoms with Gasteiger partial charge in [-0.2, -0.15) is 0 Å². The molecule has 1 aromatic carbocycles. The molecule has 2 rings (SSSR count). The Morgan fingerprint density at radius 3 is 2.71 bits per heavy atom. The third kappa shape index (κ3) is 2.41. The van der Waals surface area contributed by atoms with Crippen molar-refractivity contribution in [2.45, 2.75) is 26.3 Å². The first kappa shape index (κ1) is 12.7. The second-order valence-electron chi connectivity index (χ2n) is 4.41. The molecule has 0 radical (unpaired) electrons. The van der Waals surface area contributed by atoms with Crippen molar-refractivity contribution in [3.05, 3.63) is 28.1 Å². The van der Waals surface area contributed by atoms with Crippen LogP contribution in [0.5, 0.6) is 0 Å². The van der Waals surface area contributed by atoms with E-state index >= 15 is 0 Å². The Bertz CT molecular complexity index is 549. The minimum Gasteiger partial charge on any atom is -0.437 e. The lowest BCUT2D eigenvalue weighted by atomic mass is 10.1. The van der Waals surface area contributed by atoms with Gasteiger partial charge in [0.15, 0.2) is 5.58 Å². The predicted molar refractivity (Wildman–Crippen MR) is 70.7 cm³/mol. The summed E-state index contributed by atoms with van der Waals surface area (Å²) in [6.07, 6.45) is 0. The summed E-state index contributed by atoms with van der Waals surface area (Å²) in [6.45, 7) is 6.89. The molecule has 0 fully saturated rings. The lowest BCUT2D eigenvalue weighted by Crippen LogP contribution is -2.36. The van der Waals surface area contributed by atoms with E-state index in [2.05, 4.69) is 10.3 Å². The van der Waals surface area contributed by atoms with E-state index in [9.17, 15) is 0 Å². The van der Waals surface area contributed by atoms with Crippen LogP contribution in [0.1, 0.15) is 26.7 Å². The van der Waals surface area contributed by atoms with Crippen LogP contribution in [0.25, 0.3) is 11.1 Å². The van der Waals surface area contributed by atoms with Crippen LogP contribution < -0.4 is 5.32 Å². The highest BCUT2D eigenvalue weighted by molar-refractivity contribution is 6.37. The molecule has 2 aromatic rings. The van der Waals surface area contributed by atoms with Crippen molar-refractivity contribution in [3.63, 3.8) is 0 Å². The van der Waals surface area contributed by atoms with Gasteiger partial charge < -0.3 is 9.73 Å². The van der Waals surface area contributed by atoms with Crippen LogP contribution in [-0.2, 0) is 5.54 Å². The van der Waals surface area contributed by atoms with Crippen molar-refractivity contribution >= 4 is 34.3 Å². The van der Waals surface area contributed by atoms with Gasteiger partial charge in [0.1, 0.15) is 5.52 Å². The van der Waals surface area contributed by atoms with Crippen LogP contribution in [0.2, 0.25) is 10.0 Å². The average molecular weight is 273 g/mol. The zero-order valence-corrected chi connectivity index (χ0v) is 11.5. The molecule has 1 heterocycles. The normalized spacial score (nSPS) is 12.3. The standard InChI is InChI=1S/C12H14Cl2N2O/c1-4-15-12(2,3)11-16-9-6-7(13)5-8(14)10(9)17-11/h5-6,15H,4H2,1-3H3. The van der Waals surface area contributed by atoms with Crippen LogP contribution in [0.15, 0.2) is 16.5 Å². The Kier molecular flexibility index (Phi) is 3.34. The summed E-state index contributed by atoms with van der Waals surface area (Å²) in [5.74, 6) is 0.610. The summed E-state index contributed by atoms with van der Waals surface area (Å²) in [6, 6.07) is 3.40. The number of hydrogen-bond acceptors (Lipinski definition) is 3. The summed E-state index contributed by atoms with van der Waals surface area (Å²) < 4.78 is 5.71.